The molecule has 1 aliphatic heterocycles. The van der Waals surface area contributed by atoms with E-state index in [9.17, 15) is 4.79 Å². The molecule has 1 fully saturated rings. The highest BCUT2D eigenvalue weighted by Crippen LogP contribution is 2.26. The Morgan fingerprint density at radius 1 is 1.50 bits per heavy atom. The summed E-state index contributed by atoms with van der Waals surface area (Å²) in [6.07, 6.45) is 0.877. The van der Waals surface area contributed by atoms with Crippen molar-refractivity contribution < 1.29 is 4.79 Å². The van der Waals surface area contributed by atoms with Crippen molar-refractivity contribution in [2.45, 2.75) is 32.9 Å². The van der Waals surface area contributed by atoms with Crippen LogP contribution in [0.5, 0.6) is 0 Å². The van der Waals surface area contributed by atoms with Gasteiger partial charge in [-0.3, -0.25) is 19.3 Å². The second-order valence-electron chi connectivity index (χ2n) is 5.70. The number of rotatable bonds is 5. The molecule has 3 rings (SSSR count). The van der Waals surface area contributed by atoms with E-state index in [1.54, 1.807) is 16.0 Å². The maximum atomic E-state index is 12.8. The van der Waals surface area contributed by atoms with Crippen LogP contribution in [-0.2, 0) is 18.4 Å². The second-order valence-corrected chi connectivity index (χ2v) is 6.74. The van der Waals surface area contributed by atoms with Crippen molar-refractivity contribution in [1.29, 1.82) is 0 Å². The lowest BCUT2D eigenvalue weighted by Crippen LogP contribution is -2.41. The molecule has 0 bridgehead atoms. The third-order valence-corrected chi connectivity index (χ3v) is 5.08. The lowest BCUT2D eigenvalue weighted by molar-refractivity contribution is -0.121. The summed E-state index contributed by atoms with van der Waals surface area (Å²) in [6.45, 7) is 6.58. The Labute approximate surface area is 135 Å². The van der Waals surface area contributed by atoms with E-state index in [1.165, 1.54) is 4.88 Å². The summed E-state index contributed by atoms with van der Waals surface area (Å²) in [5.41, 5.74) is 0.944. The fourth-order valence-corrected chi connectivity index (χ4v) is 3.86. The van der Waals surface area contributed by atoms with Gasteiger partial charge in [0.1, 0.15) is 5.82 Å². The minimum Gasteiger partial charge on any atom is -0.296 e. The number of carbonyl (C=O) groups is 1. The maximum absolute atomic E-state index is 12.8. The van der Waals surface area contributed by atoms with Crippen LogP contribution >= 0.6 is 11.3 Å². The van der Waals surface area contributed by atoms with Crippen LogP contribution < -0.4 is 4.90 Å². The molecule has 3 heterocycles. The lowest BCUT2D eigenvalue weighted by atomic mass is 10.2. The van der Waals surface area contributed by atoms with Crippen LogP contribution in [0.4, 0.5) is 5.82 Å². The Morgan fingerprint density at radius 3 is 2.91 bits per heavy atom. The first-order valence-corrected chi connectivity index (χ1v) is 8.56. The predicted octanol–water partition coefficient (Wildman–Crippen LogP) is 2.42. The van der Waals surface area contributed by atoms with E-state index in [0.717, 1.165) is 37.6 Å². The third-order valence-electron chi connectivity index (χ3n) is 4.22. The fourth-order valence-electron chi connectivity index (χ4n) is 3.13. The molecular weight excluding hydrogens is 296 g/mol. The molecule has 22 heavy (non-hydrogen) atoms. The van der Waals surface area contributed by atoms with Gasteiger partial charge in [0.25, 0.3) is 0 Å². The lowest BCUT2D eigenvalue weighted by Gasteiger charge is -2.26. The van der Waals surface area contributed by atoms with Gasteiger partial charge >= 0.3 is 0 Å². The van der Waals surface area contributed by atoms with Crippen LogP contribution in [0.1, 0.15) is 23.9 Å². The number of thiophene rings is 1. The van der Waals surface area contributed by atoms with Gasteiger partial charge in [-0.2, -0.15) is 5.10 Å². The Kier molecular flexibility index (Phi) is 4.31. The van der Waals surface area contributed by atoms with E-state index < -0.39 is 0 Å². The monoisotopic (exact) mass is 318 g/mol. The average molecular weight is 318 g/mol. The molecule has 0 aliphatic carbocycles. The first-order valence-electron chi connectivity index (χ1n) is 7.68. The van der Waals surface area contributed by atoms with E-state index >= 15 is 0 Å². The van der Waals surface area contributed by atoms with E-state index in [1.807, 2.05) is 24.9 Å². The fraction of sp³-hybridized carbons (Fsp3) is 0.500. The van der Waals surface area contributed by atoms with Crippen molar-refractivity contribution in [1.82, 2.24) is 14.7 Å². The van der Waals surface area contributed by atoms with Crippen LogP contribution in [0.15, 0.2) is 23.6 Å². The highest BCUT2D eigenvalue weighted by atomic mass is 32.1. The van der Waals surface area contributed by atoms with Gasteiger partial charge in [0.05, 0.1) is 11.7 Å². The summed E-state index contributed by atoms with van der Waals surface area (Å²) in [5.74, 6) is 1.10. The van der Waals surface area contributed by atoms with Crippen LogP contribution in [0.2, 0.25) is 0 Å². The average Bonchev–Trinajstić information content (AvgIpc) is 3.18. The minimum atomic E-state index is -0.0256. The van der Waals surface area contributed by atoms with Gasteiger partial charge in [-0.15, -0.1) is 11.3 Å². The van der Waals surface area contributed by atoms with Crippen molar-refractivity contribution in [3.8, 4) is 0 Å². The van der Waals surface area contributed by atoms with Gasteiger partial charge < -0.3 is 0 Å². The molecule has 0 N–H and O–H groups in total. The van der Waals surface area contributed by atoms with Crippen molar-refractivity contribution in [3.05, 3.63) is 34.2 Å². The molecule has 0 unspecified atom stereocenters. The quantitative estimate of drug-likeness (QED) is 0.850. The summed E-state index contributed by atoms with van der Waals surface area (Å²) < 4.78 is 1.80. The summed E-state index contributed by atoms with van der Waals surface area (Å²) in [4.78, 5) is 18.3. The van der Waals surface area contributed by atoms with Crippen molar-refractivity contribution in [3.63, 3.8) is 0 Å². The van der Waals surface area contributed by atoms with Crippen LogP contribution in [0, 0.1) is 6.92 Å². The number of aromatic nitrogens is 2. The van der Waals surface area contributed by atoms with Crippen LogP contribution in [0.3, 0.4) is 0 Å². The summed E-state index contributed by atoms with van der Waals surface area (Å²) in [5, 5.41) is 6.44. The van der Waals surface area contributed by atoms with Crippen LogP contribution in [-0.4, -0.2) is 39.7 Å². The number of amides is 1. The smallest absolute Gasteiger partial charge is 0.245 e. The zero-order valence-corrected chi connectivity index (χ0v) is 14.1. The Balaban J connectivity index is 1.76. The van der Waals surface area contributed by atoms with Crippen molar-refractivity contribution in [2.75, 3.05) is 18.0 Å². The number of anilines is 1. The van der Waals surface area contributed by atoms with Gasteiger partial charge in [-0.05, 0) is 31.3 Å². The molecule has 2 aromatic rings. The Bertz CT molecular complexity index is 649. The van der Waals surface area contributed by atoms with Gasteiger partial charge in [-0.1, -0.05) is 13.0 Å². The molecule has 0 aromatic carbocycles. The second kappa shape index (κ2) is 6.22. The SMILES string of the molecule is CCN(Cc1cccs1)[C@@H]1CCN(c2cc(C)nn2C)C1=O. The number of likely N-dealkylation sites (N-methyl/N-ethyl adjacent to an activating group) is 1. The van der Waals surface area contributed by atoms with E-state index in [4.69, 9.17) is 0 Å². The topological polar surface area (TPSA) is 41.4 Å². The number of hydrogen-bond donors (Lipinski definition) is 0. The van der Waals surface area contributed by atoms with E-state index in [0.29, 0.717) is 0 Å². The first kappa shape index (κ1) is 15.2. The standard InChI is InChI=1S/C16H22N4OS/c1-4-19(11-13-6-5-9-22-13)14-7-8-20(16(14)21)15-10-12(2)17-18(15)3/h5-6,9-10,14H,4,7-8,11H2,1-3H3/t14-/m1/s1. The molecule has 2 aromatic heterocycles. The molecule has 0 radical (unpaired) electrons. The number of carbonyl (C=O) groups excluding carboxylic acids is 1. The molecule has 118 valence electrons. The predicted molar refractivity (Wildman–Crippen MR) is 89.1 cm³/mol. The van der Waals surface area contributed by atoms with Gasteiger partial charge in [0.2, 0.25) is 5.91 Å². The summed E-state index contributed by atoms with van der Waals surface area (Å²) in [6, 6.07) is 6.15. The zero-order chi connectivity index (χ0) is 15.7. The largest absolute Gasteiger partial charge is 0.296 e. The molecule has 0 spiro atoms. The summed E-state index contributed by atoms with van der Waals surface area (Å²) >= 11 is 1.75. The molecular formula is C16H22N4OS. The highest BCUT2D eigenvalue weighted by molar-refractivity contribution is 7.09. The molecule has 0 saturated carbocycles. The third kappa shape index (κ3) is 2.80. The van der Waals surface area contributed by atoms with Gasteiger partial charge in [0.15, 0.2) is 0 Å². The molecule has 1 amide bonds. The molecule has 1 aliphatic rings. The normalized spacial score (nSPS) is 18.6. The molecule has 5 nitrogen and oxygen atoms in total. The minimum absolute atomic E-state index is 0.0256. The molecule has 1 atom stereocenters. The van der Waals surface area contributed by atoms with E-state index in [2.05, 4.69) is 34.4 Å². The number of nitrogens with zero attached hydrogens (tertiary/aromatic N) is 4. The van der Waals surface area contributed by atoms with Crippen molar-refractivity contribution in [2.24, 2.45) is 7.05 Å². The molecule has 1 saturated heterocycles. The summed E-state index contributed by atoms with van der Waals surface area (Å²) in [7, 11) is 1.90. The van der Waals surface area contributed by atoms with Crippen LogP contribution in [0.25, 0.3) is 0 Å². The molecule has 6 heteroatoms. The zero-order valence-electron chi connectivity index (χ0n) is 13.3. The van der Waals surface area contributed by atoms with E-state index in [-0.39, 0.29) is 11.9 Å². The van der Waals surface area contributed by atoms with Gasteiger partial charge in [-0.25, -0.2) is 0 Å². The first-order chi connectivity index (χ1) is 10.6. The maximum Gasteiger partial charge on any atom is 0.245 e. The van der Waals surface area contributed by atoms with Crippen molar-refractivity contribution >= 4 is 23.1 Å². The Morgan fingerprint density at radius 2 is 2.32 bits per heavy atom. The number of aryl methyl sites for hydroxylation is 2. The Hall–Kier alpha value is -1.66. The number of hydrogen-bond acceptors (Lipinski definition) is 4. The highest BCUT2D eigenvalue weighted by Gasteiger charge is 2.37. The van der Waals surface area contributed by atoms with Gasteiger partial charge in [0, 0.05) is 31.1 Å².